The van der Waals surface area contributed by atoms with Crippen LogP contribution in [-0.4, -0.2) is 18.1 Å². The average molecular weight is 235 g/mol. The minimum Gasteiger partial charge on any atom is -0.348 e. The smallest absolute Gasteiger partial charge is 0.185 e. The molecule has 1 aliphatic rings. The third kappa shape index (κ3) is 2.19. The molecule has 0 aliphatic carbocycles. The lowest BCUT2D eigenvalue weighted by Gasteiger charge is -2.25. The van der Waals surface area contributed by atoms with Crippen LogP contribution in [0.25, 0.3) is 0 Å². The monoisotopic (exact) mass is 235 g/mol. The molecule has 1 unspecified atom stereocenters. The van der Waals surface area contributed by atoms with Crippen LogP contribution in [0.4, 0.5) is 5.13 Å². The van der Waals surface area contributed by atoms with Gasteiger partial charge in [0.05, 0.1) is 17.7 Å². The summed E-state index contributed by atoms with van der Waals surface area (Å²) in [6, 6.07) is 2.29. The Kier molecular flexibility index (Phi) is 3.45. The summed E-state index contributed by atoms with van der Waals surface area (Å²) in [6.07, 6.45) is 3.87. The van der Waals surface area contributed by atoms with E-state index in [9.17, 15) is 0 Å². The minimum atomic E-state index is -0.0314. The summed E-state index contributed by atoms with van der Waals surface area (Å²) in [5.74, 6) is -0.0314. The predicted molar refractivity (Wildman–Crippen MR) is 66.9 cm³/mol. The fraction of sp³-hybridized carbons (Fsp3) is 0.667. The van der Waals surface area contributed by atoms with Crippen LogP contribution in [0, 0.1) is 18.3 Å². The van der Waals surface area contributed by atoms with Crippen molar-refractivity contribution in [2.75, 3.05) is 18.0 Å². The molecule has 1 atom stereocenters. The number of rotatable bonds is 2. The highest BCUT2D eigenvalue weighted by Gasteiger charge is 2.19. The molecule has 1 fully saturated rings. The molecule has 1 saturated heterocycles. The number of piperidine rings is 1. The fourth-order valence-corrected chi connectivity index (χ4v) is 3.19. The topological polar surface area (TPSA) is 39.9 Å². The first-order valence-corrected chi connectivity index (χ1v) is 6.66. The van der Waals surface area contributed by atoms with Crippen molar-refractivity contribution in [3.05, 3.63) is 10.6 Å². The molecular weight excluding hydrogens is 218 g/mol. The van der Waals surface area contributed by atoms with Crippen LogP contribution in [-0.2, 0) is 0 Å². The SMILES string of the molecule is Cc1nc(N2CCCCC2)sc1C(C)C#N. The van der Waals surface area contributed by atoms with E-state index in [-0.39, 0.29) is 5.92 Å². The van der Waals surface area contributed by atoms with Crippen molar-refractivity contribution in [1.29, 1.82) is 5.26 Å². The number of nitriles is 1. The maximum atomic E-state index is 8.95. The summed E-state index contributed by atoms with van der Waals surface area (Å²) in [7, 11) is 0. The molecule has 16 heavy (non-hydrogen) atoms. The first-order chi connectivity index (χ1) is 7.72. The van der Waals surface area contributed by atoms with Gasteiger partial charge in [-0.15, -0.1) is 11.3 Å². The van der Waals surface area contributed by atoms with Crippen LogP contribution in [0.15, 0.2) is 0 Å². The molecule has 1 aromatic rings. The van der Waals surface area contributed by atoms with E-state index in [4.69, 9.17) is 5.26 Å². The molecule has 86 valence electrons. The summed E-state index contributed by atoms with van der Waals surface area (Å²) in [5, 5.41) is 10.1. The Hall–Kier alpha value is -1.08. The summed E-state index contributed by atoms with van der Waals surface area (Å²) >= 11 is 1.69. The zero-order chi connectivity index (χ0) is 11.5. The number of anilines is 1. The van der Waals surface area contributed by atoms with Gasteiger partial charge in [0.25, 0.3) is 0 Å². The second-order valence-corrected chi connectivity index (χ2v) is 5.35. The molecule has 0 radical (unpaired) electrons. The zero-order valence-corrected chi connectivity index (χ0v) is 10.7. The summed E-state index contributed by atoms with van der Waals surface area (Å²) in [6.45, 7) is 6.19. The number of hydrogen-bond donors (Lipinski definition) is 0. The van der Waals surface area contributed by atoms with Gasteiger partial charge in [0.2, 0.25) is 0 Å². The molecule has 2 heterocycles. The second kappa shape index (κ2) is 4.84. The molecule has 1 aromatic heterocycles. The largest absolute Gasteiger partial charge is 0.348 e. The number of aromatic nitrogens is 1. The normalized spacial score (nSPS) is 18.2. The van der Waals surface area contributed by atoms with Gasteiger partial charge in [-0.05, 0) is 33.1 Å². The summed E-state index contributed by atoms with van der Waals surface area (Å²) in [4.78, 5) is 8.08. The third-order valence-corrected chi connectivity index (χ3v) is 4.44. The van der Waals surface area contributed by atoms with E-state index in [1.807, 2.05) is 13.8 Å². The van der Waals surface area contributed by atoms with Crippen LogP contribution in [0.1, 0.15) is 42.7 Å². The van der Waals surface area contributed by atoms with Gasteiger partial charge in [-0.2, -0.15) is 5.26 Å². The van der Waals surface area contributed by atoms with E-state index in [2.05, 4.69) is 16.0 Å². The second-order valence-electron chi connectivity index (χ2n) is 4.34. The van der Waals surface area contributed by atoms with Crippen molar-refractivity contribution in [1.82, 2.24) is 4.98 Å². The minimum absolute atomic E-state index is 0.0314. The van der Waals surface area contributed by atoms with Gasteiger partial charge in [-0.1, -0.05) is 0 Å². The molecule has 0 saturated carbocycles. The van der Waals surface area contributed by atoms with Crippen molar-refractivity contribution < 1.29 is 0 Å². The molecule has 0 spiro atoms. The quantitative estimate of drug-likeness (QED) is 0.791. The highest BCUT2D eigenvalue weighted by atomic mass is 32.1. The van der Waals surface area contributed by atoms with Crippen molar-refractivity contribution >= 4 is 16.5 Å². The number of hydrogen-bond acceptors (Lipinski definition) is 4. The molecule has 0 N–H and O–H groups in total. The summed E-state index contributed by atoms with van der Waals surface area (Å²) in [5.41, 5.74) is 1.03. The Bertz CT molecular complexity index is 399. The third-order valence-electron chi connectivity index (χ3n) is 3.03. The van der Waals surface area contributed by atoms with E-state index >= 15 is 0 Å². The maximum absolute atomic E-state index is 8.95. The Balaban J connectivity index is 2.20. The molecular formula is C12H17N3S. The molecule has 4 heteroatoms. The van der Waals surface area contributed by atoms with Crippen molar-refractivity contribution in [3.63, 3.8) is 0 Å². The van der Waals surface area contributed by atoms with Gasteiger partial charge in [-0.3, -0.25) is 0 Å². The fourth-order valence-electron chi connectivity index (χ4n) is 2.07. The molecule has 3 nitrogen and oxygen atoms in total. The number of thiazole rings is 1. The van der Waals surface area contributed by atoms with Gasteiger partial charge in [0.15, 0.2) is 5.13 Å². The predicted octanol–water partition coefficient (Wildman–Crippen LogP) is 3.07. The van der Waals surface area contributed by atoms with Gasteiger partial charge in [0, 0.05) is 18.0 Å². The molecule has 0 bridgehead atoms. The average Bonchev–Trinajstić information content (AvgIpc) is 2.71. The number of nitrogens with zero attached hydrogens (tertiary/aromatic N) is 3. The Labute approximate surface area is 101 Å². The van der Waals surface area contributed by atoms with Crippen molar-refractivity contribution in [2.45, 2.75) is 39.0 Å². The molecule has 0 amide bonds. The van der Waals surface area contributed by atoms with E-state index < -0.39 is 0 Å². The Morgan fingerprint density at radius 2 is 2.06 bits per heavy atom. The molecule has 2 rings (SSSR count). The van der Waals surface area contributed by atoms with Gasteiger partial charge in [-0.25, -0.2) is 4.98 Å². The van der Waals surface area contributed by atoms with Crippen LogP contribution in [0.2, 0.25) is 0 Å². The molecule has 1 aliphatic heterocycles. The van der Waals surface area contributed by atoms with Crippen LogP contribution in [0.5, 0.6) is 0 Å². The lowest BCUT2D eigenvalue weighted by atomic mass is 10.1. The van der Waals surface area contributed by atoms with Gasteiger partial charge in [0.1, 0.15) is 0 Å². The summed E-state index contributed by atoms with van der Waals surface area (Å²) < 4.78 is 0. The zero-order valence-electron chi connectivity index (χ0n) is 9.86. The number of aryl methyl sites for hydroxylation is 1. The van der Waals surface area contributed by atoms with E-state index in [1.54, 1.807) is 11.3 Å². The van der Waals surface area contributed by atoms with Gasteiger partial charge >= 0.3 is 0 Å². The van der Waals surface area contributed by atoms with E-state index in [0.29, 0.717) is 0 Å². The Morgan fingerprint density at radius 3 is 2.69 bits per heavy atom. The van der Waals surface area contributed by atoms with Crippen LogP contribution < -0.4 is 4.90 Å². The first kappa shape index (κ1) is 11.4. The van der Waals surface area contributed by atoms with Crippen LogP contribution >= 0.6 is 11.3 Å². The lowest BCUT2D eigenvalue weighted by molar-refractivity contribution is 0.576. The lowest BCUT2D eigenvalue weighted by Crippen LogP contribution is -2.29. The first-order valence-electron chi connectivity index (χ1n) is 5.84. The van der Waals surface area contributed by atoms with Crippen molar-refractivity contribution in [3.8, 4) is 6.07 Å². The van der Waals surface area contributed by atoms with E-state index in [0.717, 1.165) is 28.8 Å². The Morgan fingerprint density at radius 1 is 1.38 bits per heavy atom. The standard InChI is InChI=1S/C12H17N3S/c1-9(8-13)11-10(2)14-12(16-11)15-6-4-3-5-7-15/h9H,3-7H2,1-2H3. The van der Waals surface area contributed by atoms with Crippen LogP contribution in [0.3, 0.4) is 0 Å². The highest BCUT2D eigenvalue weighted by Crippen LogP contribution is 2.32. The van der Waals surface area contributed by atoms with E-state index in [1.165, 1.54) is 19.3 Å². The van der Waals surface area contributed by atoms with Gasteiger partial charge < -0.3 is 4.90 Å². The molecule has 0 aromatic carbocycles. The van der Waals surface area contributed by atoms with Crippen molar-refractivity contribution in [2.24, 2.45) is 0 Å². The maximum Gasteiger partial charge on any atom is 0.185 e. The highest BCUT2D eigenvalue weighted by molar-refractivity contribution is 7.15.